The van der Waals surface area contributed by atoms with Crippen molar-refractivity contribution in [2.24, 2.45) is 0 Å². The fourth-order valence-electron chi connectivity index (χ4n) is 2.50. The first-order chi connectivity index (χ1) is 10.2. The predicted octanol–water partition coefficient (Wildman–Crippen LogP) is -1.05. The maximum Gasteiger partial charge on any atom is 0.110 e. The summed E-state index contributed by atoms with van der Waals surface area (Å²) in [6.07, 6.45) is -6.21. The van der Waals surface area contributed by atoms with Crippen LogP contribution in [-0.2, 0) is 6.42 Å². The van der Waals surface area contributed by atoms with E-state index in [2.05, 4.69) is 0 Å². The molecule has 0 bridgehead atoms. The van der Waals surface area contributed by atoms with E-state index in [9.17, 15) is 20.4 Å². The number of hydrogen-bond donors (Lipinski definition) is 7. The second-order valence-corrected chi connectivity index (χ2v) is 5.79. The topological polar surface area (TPSA) is 153 Å². The molecule has 4 unspecified atom stereocenters. The maximum atomic E-state index is 10.1. The summed E-state index contributed by atoms with van der Waals surface area (Å²) in [4.78, 5) is 0. The van der Waals surface area contributed by atoms with Crippen molar-refractivity contribution in [1.82, 2.24) is 0 Å². The SMILES string of the molecule is CC(C)c1c(N)ccc(N)c1CC(O)C(O)C(O)C(O)CO. The number of nitrogens with two attached hydrogens (primary N) is 2. The monoisotopic (exact) mass is 314 g/mol. The Morgan fingerprint density at radius 3 is 1.91 bits per heavy atom. The van der Waals surface area contributed by atoms with Crippen molar-refractivity contribution >= 4 is 11.4 Å². The van der Waals surface area contributed by atoms with E-state index in [0.29, 0.717) is 16.9 Å². The van der Waals surface area contributed by atoms with E-state index in [1.807, 2.05) is 13.8 Å². The van der Waals surface area contributed by atoms with Crippen molar-refractivity contribution in [2.75, 3.05) is 18.1 Å². The summed E-state index contributed by atoms with van der Waals surface area (Å²) in [7, 11) is 0. The van der Waals surface area contributed by atoms with Crippen LogP contribution < -0.4 is 11.5 Å². The Balaban J connectivity index is 3.02. The van der Waals surface area contributed by atoms with Crippen molar-refractivity contribution in [3.8, 4) is 0 Å². The molecule has 0 radical (unpaired) electrons. The Labute approximate surface area is 129 Å². The normalized spacial score (nSPS) is 17.3. The number of rotatable bonds is 7. The number of nitrogen functional groups attached to an aromatic ring is 2. The maximum absolute atomic E-state index is 10.1. The standard InChI is InChI=1S/C15H26N2O5/c1-7(2)13-8(9(16)3-4-10(13)17)5-11(19)14(21)15(22)12(20)6-18/h3-4,7,11-12,14-15,18-22H,5-6,16-17H2,1-2H3. The molecule has 1 aromatic carbocycles. The Morgan fingerprint density at radius 1 is 0.909 bits per heavy atom. The fraction of sp³-hybridized carbons (Fsp3) is 0.600. The van der Waals surface area contributed by atoms with Crippen LogP contribution in [0.3, 0.4) is 0 Å². The highest BCUT2D eigenvalue weighted by atomic mass is 16.4. The van der Waals surface area contributed by atoms with E-state index in [4.69, 9.17) is 16.6 Å². The third-order valence-electron chi connectivity index (χ3n) is 3.74. The van der Waals surface area contributed by atoms with Gasteiger partial charge in [-0.1, -0.05) is 13.8 Å². The van der Waals surface area contributed by atoms with Crippen molar-refractivity contribution in [3.63, 3.8) is 0 Å². The molecule has 0 aliphatic heterocycles. The predicted molar refractivity (Wildman–Crippen MR) is 84.2 cm³/mol. The van der Waals surface area contributed by atoms with Crippen molar-refractivity contribution < 1.29 is 25.5 Å². The van der Waals surface area contributed by atoms with Gasteiger partial charge in [-0.05, 0) is 29.2 Å². The molecule has 22 heavy (non-hydrogen) atoms. The summed E-state index contributed by atoms with van der Waals surface area (Å²) in [5, 5.41) is 47.8. The lowest BCUT2D eigenvalue weighted by Gasteiger charge is -2.27. The molecule has 0 aliphatic rings. The Bertz CT molecular complexity index is 495. The van der Waals surface area contributed by atoms with Gasteiger partial charge in [-0.3, -0.25) is 0 Å². The van der Waals surface area contributed by atoms with Crippen LogP contribution in [-0.4, -0.2) is 56.6 Å². The van der Waals surface area contributed by atoms with Gasteiger partial charge in [0.1, 0.15) is 18.3 Å². The molecule has 4 atom stereocenters. The van der Waals surface area contributed by atoms with Crippen molar-refractivity contribution in [2.45, 2.75) is 50.6 Å². The number of benzene rings is 1. The van der Waals surface area contributed by atoms with Gasteiger partial charge in [-0.2, -0.15) is 0 Å². The molecule has 126 valence electrons. The molecule has 0 aromatic heterocycles. The molecule has 9 N–H and O–H groups in total. The number of hydrogen-bond acceptors (Lipinski definition) is 7. The summed E-state index contributed by atoms with van der Waals surface area (Å²) in [5.41, 5.74) is 14.2. The summed E-state index contributed by atoms with van der Waals surface area (Å²) < 4.78 is 0. The van der Waals surface area contributed by atoms with Crippen molar-refractivity contribution in [1.29, 1.82) is 0 Å². The lowest BCUT2D eigenvalue weighted by molar-refractivity contribution is -0.114. The van der Waals surface area contributed by atoms with E-state index in [1.165, 1.54) is 0 Å². The van der Waals surface area contributed by atoms with Gasteiger partial charge in [0.15, 0.2) is 0 Å². The first kappa shape index (κ1) is 18.7. The molecule has 1 aromatic rings. The van der Waals surface area contributed by atoms with Crippen LogP contribution in [0, 0.1) is 0 Å². The Kier molecular flexibility index (Phi) is 6.58. The van der Waals surface area contributed by atoms with Crippen LogP contribution in [0.5, 0.6) is 0 Å². The summed E-state index contributed by atoms with van der Waals surface area (Å²) in [6, 6.07) is 3.30. The fourth-order valence-corrected chi connectivity index (χ4v) is 2.50. The molecule has 0 spiro atoms. The molecule has 1 rings (SSSR count). The average molecular weight is 314 g/mol. The first-order valence-corrected chi connectivity index (χ1v) is 7.20. The lowest BCUT2D eigenvalue weighted by Crippen LogP contribution is -2.46. The van der Waals surface area contributed by atoms with Gasteiger partial charge < -0.3 is 37.0 Å². The quantitative estimate of drug-likeness (QED) is 0.317. The summed E-state index contributed by atoms with van der Waals surface area (Å²) in [5.74, 6) is 0.0656. The molecule has 0 heterocycles. The van der Waals surface area contributed by atoms with E-state index >= 15 is 0 Å². The zero-order valence-electron chi connectivity index (χ0n) is 12.8. The van der Waals surface area contributed by atoms with E-state index < -0.39 is 31.0 Å². The summed E-state index contributed by atoms with van der Waals surface area (Å²) >= 11 is 0. The zero-order valence-corrected chi connectivity index (χ0v) is 12.8. The van der Waals surface area contributed by atoms with Crippen LogP contribution >= 0.6 is 0 Å². The molecule has 0 fully saturated rings. The van der Waals surface area contributed by atoms with Crippen LogP contribution in [0.1, 0.15) is 30.9 Å². The third-order valence-corrected chi connectivity index (χ3v) is 3.74. The molecular weight excluding hydrogens is 288 g/mol. The van der Waals surface area contributed by atoms with Crippen LogP contribution in [0.15, 0.2) is 12.1 Å². The van der Waals surface area contributed by atoms with Crippen molar-refractivity contribution in [3.05, 3.63) is 23.3 Å². The highest BCUT2D eigenvalue weighted by molar-refractivity contribution is 5.63. The molecule has 0 amide bonds. The zero-order chi connectivity index (χ0) is 17.0. The molecule has 0 aliphatic carbocycles. The Hall–Kier alpha value is -1.38. The molecular formula is C15H26N2O5. The van der Waals surface area contributed by atoms with Crippen LogP contribution in [0.4, 0.5) is 11.4 Å². The molecule has 7 heteroatoms. The second-order valence-electron chi connectivity index (χ2n) is 5.79. The van der Waals surface area contributed by atoms with Gasteiger partial charge >= 0.3 is 0 Å². The minimum atomic E-state index is -1.66. The molecule has 0 saturated heterocycles. The van der Waals surface area contributed by atoms with E-state index in [1.54, 1.807) is 12.1 Å². The highest BCUT2D eigenvalue weighted by Gasteiger charge is 2.31. The van der Waals surface area contributed by atoms with Gasteiger partial charge in [0.2, 0.25) is 0 Å². The summed E-state index contributed by atoms with van der Waals surface area (Å²) in [6.45, 7) is 3.15. The molecule has 0 saturated carbocycles. The average Bonchev–Trinajstić information content (AvgIpc) is 2.47. The minimum absolute atomic E-state index is 0.0270. The lowest BCUT2D eigenvalue weighted by atomic mass is 9.88. The number of anilines is 2. The van der Waals surface area contributed by atoms with Gasteiger partial charge in [0.05, 0.1) is 12.7 Å². The number of aliphatic hydroxyl groups is 5. The van der Waals surface area contributed by atoms with E-state index in [0.717, 1.165) is 5.56 Å². The Morgan fingerprint density at radius 2 is 1.41 bits per heavy atom. The minimum Gasteiger partial charge on any atom is -0.398 e. The number of aliphatic hydroxyl groups excluding tert-OH is 5. The van der Waals surface area contributed by atoms with Crippen LogP contribution in [0.25, 0.3) is 0 Å². The third kappa shape index (κ3) is 4.08. The largest absolute Gasteiger partial charge is 0.398 e. The van der Waals surface area contributed by atoms with E-state index in [-0.39, 0.29) is 12.3 Å². The highest BCUT2D eigenvalue weighted by Crippen LogP contribution is 2.31. The van der Waals surface area contributed by atoms with Gasteiger partial charge in [-0.25, -0.2) is 0 Å². The van der Waals surface area contributed by atoms with Gasteiger partial charge in [0, 0.05) is 17.8 Å². The van der Waals surface area contributed by atoms with Gasteiger partial charge in [-0.15, -0.1) is 0 Å². The molecule has 7 nitrogen and oxygen atoms in total. The second kappa shape index (κ2) is 7.75. The van der Waals surface area contributed by atoms with Crippen LogP contribution in [0.2, 0.25) is 0 Å². The first-order valence-electron chi connectivity index (χ1n) is 7.20. The smallest absolute Gasteiger partial charge is 0.110 e. The van der Waals surface area contributed by atoms with Gasteiger partial charge in [0.25, 0.3) is 0 Å².